The van der Waals surface area contributed by atoms with Crippen molar-refractivity contribution in [2.75, 3.05) is 7.11 Å². The van der Waals surface area contributed by atoms with Crippen molar-refractivity contribution in [3.8, 4) is 0 Å². The number of rotatable bonds is 4. The number of methoxy groups -OCH3 is 1. The summed E-state index contributed by atoms with van der Waals surface area (Å²) in [5.74, 6) is -0.394. The number of aromatic nitrogens is 3. The van der Waals surface area contributed by atoms with Crippen molar-refractivity contribution in [2.24, 2.45) is 0 Å². The molecule has 0 bridgehead atoms. The van der Waals surface area contributed by atoms with Crippen molar-refractivity contribution in [1.29, 1.82) is 0 Å². The van der Waals surface area contributed by atoms with Crippen molar-refractivity contribution in [1.82, 2.24) is 15.0 Å². The maximum Gasteiger partial charge on any atom is 0.333 e. The second kappa shape index (κ2) is 6.10. The van der Waals surface area contributed by atoms with Crippen LogP contribution in [-0.2, 0) is 16.1 Å². The van der Waals surface area contributed by atoms with E-state index in [9.17, 15) is 9.59 Å². The van der Waals surface area contributed by atoms with Crippen molar-refractivity contribution < 1.29 is 9.53 Å². The van der Waals surface area contributed by atoms with Gasteiger partial charge in [-0.1, -0.05) is 30.3 Å². The summed E-state index contributed by atoms with van der Waals surface area (Å²) in [6.07, 6.45) is 2.17. The molecule has 20 heavy (non-hydrogen) atoms. The SMILES string of the molecule is CCC(=CCn1nnc2ccccc2c1=O)C(=O)OC. The van der Waals surface area contributed by atoms with Crippen molar-refractivity contribution in [2.45, 2.75) is 19.9 Å². The van der Waals surface area contributed by atoms with Crippen LogP contribution in [0.2, 0.25) is 0 Å². The molecule has 2 aromatic rings. The third-order valence-corrected chi connectivity index (χ3v) is 2.97. The first-order valence-corrected chi connectivity index (χ1v) is 6.27. The molecule has 1 heterocycles. The summed E-state index contributed by atoms with van der Waals surface area (Å²) < 4.78 is 5.88. The number of hydrogen-bond acceptors (Lipinski definition) is 5. The molecule has 6 nitrogen and oxygen atoms in total. The van der Waals surface area contributed by atoms with Gasteiger partial charge in [-0.05, 0) is 18.6 Å². The number of esters is 1. The normalized spacial score (nSPS) is 11.6. The highest BCUT2D eigenvalue weighted by atomic mass is 16.5. The molecule has 0 aliphatic carbocycles. The summed E-state index contributed by atoms with van der Waals surface area (Å²) in [4.78, 5) is 23.6. The van der Waals surface area contributed by atoms with Gasteiger partial charge in [0.2, 0.25) is 0 Å². The first-order valence-electron chi connectivity index (χ1n) is 6.27. The van der Waals surface area contributed by atoms with Crippen molar-refractivity contribution >= 4 is 16.9 Å². The van der Waals surface area contributed by atoms with Crippen LogP contribution < -0.4 is 5.56 Å². The molecule has 6 heteroatoms. The molecule has 0 unspecified atom stereocenters. The lowest BCUT2D eigenvalue weighted by molar-refractivity contribution is -0.136. The maximum atomic E-state index is 12.2. The Morgan fingerprint density at radius 1 is 1.40 bits per heavy atom. The van der Waals surface area contributed by atoms with E-state index in [0.29, 0.717) is 22.9 Å². The molecular weight excluding hydrogens is 258 g/mol. The van der Waals surface area contributed by atoms with Gasteiger partial charge in [-0.3, -0.25) is 4.79 Å². The smallest absolute Gasteiger partial charge is 0.333 e. The van der Waals surface area contributed by atoms with Crippen LogP contribution in [0.4, 0.5) is 0 Å². The minimum Gasteiger partial charge on any atom is -0.466 e. The fraction of sp³-hybridized carbons (Fsp3) is 0.286. The lowest BCUT2D eigenvalue weighted by Gasteiger charge is -2.04. The molecule has 1 aromatic heterocycles. The highest BCUT2D eigenvalue weighted by molar-refractivity contribution is 5.88. The second-order valence-electron chi connectivity index (χ2n) is 4.17. The number of fused-ring (bicyclic) bond motifs is 1. The Morgan fingerprint density at radius 2 is 2.15 bits per heavy atom. The van der Waals surface area contributed by atoms with E-state index in [-0.39, 0.29) is 12.1 Å². The molecule has 2 rings (SSSR count). The number of hydrogen-bond donors (Lipinski definition) is 0. The minimum atomic E-state index is -0.394. The van der Waals surface area contributed by atoms with E-state index in [1.165, 1.54) is 11.8 Å². The van der Waals surface area contributed by atoms with E-state index in [1.54, 1.807) is 30.3 Å². The van der Waals surface area contributed by atoms with E-state index in [1.807, 2.05) is 6.92 Å². The monoisotopic (exact) mass is 273 g/mol. The van der Waals surface area contributed by atoms with E-state index in [0.717, 1.165) is 0 Å². The Morgan fingerprint density at radius 3 is 2.85 bits per heavy atom. The molecule has 0 saturated heterocycles. The quantitative estimate of drug-likeness (QED) is 0.620. The van der Waals surface area contributed by atoms with Gasteiger partial charge in [0, 0.05) is 5.57 Å². The highest BCUT2D eigenvalue weighted by Crippen LogP contribution is 2.05. The topological polar surface area (TPSA) is 74.1 Å². The number of benzene rings is 1. The van der Waals surface area contributed by atoms with Crippen LogP contribution in [0.25, 0.3) is 10.9 Å². The summed E-state index contributed by atoms with van der Waals surface area (Å²) in [5.41, 5.74) is 0.836. The number of carbonyl (C=O) groups is 1. The van der Waals surface area contributed by atoms with Crippen LogP contribution in [-0.4, -0.2) is 28.1 Å². The predicted octanol–water partition coefficient (Wildman–Crippen LogP) is 1.30. The van der Waals surface area contributed by atoms with Crippen molar-refractivity contribution in [3.05, 3.63) is 46.3 Å². The van der Waals surface area contributed by atoms with Crippen molar-refractivity contribution in [3.63, 3.8) is 0 Å². The van der Waals surface area contributed by atoms with Crippen LogP contribution in [0, 0.1) is 0 Å². The van der Waals surface area contributed by atoms with E-state index in [2.05, 4.69) is 15.0 Å². The molecule has 0 radical (unpaired) electrons. The highest BCUT2D eigenvalue weighted by Gasteiger charge is 2.08. The molecule has 1 aromatic carbocycles. The van der Waals surface area contributed by atoms with E-state index < -0.39 is 5.97 Å². The summed E-state index contributed by atoms with van der Waals surface area (Å²) >= 11 is 0. The first kappa shape index (κ1) is 13.9. The second-order valence-corrected chi connectivity index (χ2v) is 4.17. The average Bonchev–Trinajstić information content (AvgIpc) is 2.49. The van der Waals surface area contributed by atoms with Gasteiger partial charge in [-0.2, -0.15) is 0 Å². The molecule has 104 valence electrons. The molecule has 0 amide bonds. The van der Waals surface area contributed by atoms with Crippen LogP contribution in [0.15, 0.2) is 40.7 Å². The van der Waals surface area contributed by atoms with Crippen LogP contribution in [0.3, 0.4) is 0 Å². The lowest BCUT2D eigenvalue weighted by Crippen LogP contribution is -2.24. The zero-order valence-corrected chi connectivity index (χ0v) is 11.4. The van der Waals surface area contributed by atoms with Gasteiger partial charge in [-0.25, -0.2) is 9.48 Å². The zero-order valence-electron chi connectivity index (χ0n) is 11.4. The largest absolute Gasteiger partial charge is 0.466 e. The van der Waals surface area contributed by atoms with Gasteiger partial charge in [-0.15, -0.1) is 5.10 Å². The third kappa shape index (κ3) is 2.74. The summed E-state index contributed by atoms with van der Waals surface area (Å²) in [5, 5.41) is 8.34. The first-order chi connectivity index (χ1) is 9.67. The molecule has 0 spiro atoms. The fourth-order valence-corrected chi connectivity index (χ4v) is 1.84. The Bertz CT molecular complexity index is 719. The third-order valence-electron chi connectivity index (χ3n) is 2.97. The maximum absolute atomic E-state index is 12.2. The Balaban J connectivity index is 2.35. The van der Waals surface area contributed by atoms with Gasteiger partial charge in [0.15, 0.2) is 0 Å². The molecule has 0 fully saturated rings. The van der Waals surface area contributed by atoms with Gasteiger partial charge >= 0.3 is 5.97 Å². The summed E-state index contributed by atoms with van der Waals surface area (Å²) in [6, 6.07) is 7.01. The molecule has 0 N–H and O–H groups in total. The van der Waals surface area contributed by atoms with E-state index in [4.69, 9.17) is 0 Å². The van der Waals surface area contributed by atoms with E-state index >= 15 is 0 Å². The van der Waals surface area contributed by atoms with Gasteiger partial charge in [0.1, 0.15) is 5.52 Å². The van der Waals surface area contributed by atoms with Crippen LogP contribution >= 0.6 is 0 Å². The molecule has 0 aliphatic heterocycles. The number of allylic oxidation sites excluding steroid dienone is 1. The fourth-order valence-electron chi connectivity index (χ4n) is 1.84. The van der Waals surface area contributed by atoms with Gasteiger partial charge < -0.3 is 4.74 Å². The van der Waals surface area contributed by atoms with Gasteiger partial charge in [0.05, 0.1) is 19.0 Å². The zero-order chi connectivity index (χ0) is 14.5. The minimum absolute atomic E-state index is 0.189. The van der Waals surface area contributed by atoms with Gasteiger partial charge in [0.25, 0.3) is 5.56 Å². The average molecular weight is 273 g/mol. The lowest BCUT2D eigenvalue weighted by atomic mass is 10.2. The number of nitrogens with zero attached hydrogens (tertiary/aromatic N) is 3. The number of ether oxygens (including phenoxy) is 1. The molecule has 0 saturated carbocycles. The Kier molecular flexibility index (Phi) is 4.24. The number of carbonyl (C=O) groups excluding carboxylic acids is 1. The van der Waals surface area contributed by atoms with Crippen LogP contribution in [0.5, 0.6) is 0 Å². The van der Waals surface area contributed by atoms with Crippen LogP contribution in [0.1, 0.15) is 13.3 Å². The standard InChI is InChI=1S/C14H15N3O3/c1-3-10(14(19)20-2)8-9-17-13(18)11-6-4-5-7-12(11)15-16-17/h4-8H,3,9H2,1-2H3. The summed E-state index contributed by atoms with van der Waals surface area (Å²) in [6.45, 7) is 2.03. The predicted molar refractivity (Wildman–Crippen MR) is 74.2 cm³/mol. The summed E-state index contributed by atoms with van der Waals surface area (Å²) in [7, 11) is 1.33. The molecule has 0 atom stereocenters. The molecule has 0 aliphatic rings. The Labute approximate surface area is 115 Å². The Hall–Kier alpha value is -2.50. The molecular formula is C14H15N3O3.